The van der Waals surface area contributed by atoms with E-state index in [-0.39, 0.29) is 18.5 Å². The van der Waals surface area contributed by atoms with E-state index in [2.05, 4.69) is 4.98 Å². The molecule has 1 saturated heterocycles. The van der Waals surface area contributed by atoms with Crippen molar-refractivity contribution >= 4 is 0 Å². The molecule has 0 aliphatic carbocycles. The number of aromatic nitrogens is 2. The Hall–Kier alpha value is -1.76. The average molecular weight is 278 g/mol. The third kappa shape index (κ3) is 2.45. The van der Waals surface area contributed by atoms with Crippen LogP contribution in [0.5, 0.6) is 0 Å². The Morgan fingerprint density at radius 2 is 2.20 bits per heavy atom. The molecule has 0 saturated carbocycles. The Balaban J connectivity index is 1.93. The predicted octanol–water partition coefficient (Wildman–Crippen LogP) is 1.28. The van der Waals surface area contributed by atoms with Gasteiger partial charge < -0.3 is 19.1 Å². The summed E-state index contributed by atoms with van der Waals surface area (Å²) in [4.78, 5) is 3.98. The van der Waals surface area contributed by atoms with Crippen LogP contribution < -0.4 is 0 Å². The highest BCUT2D eigenvalue weighted by atomic mass is 19.1. The monoisotopic (exact) mass is 278 g/mol. The Morgan fingerprint density at radius 3 is 2.80 bits per heavy atom. The van der Waals surface area contributed by atoms with Gasteiger partial charge in [0, 0.05) is 18.0 Å². The molecule has 1 aliphatic heterocycles. The molecule has 0 radical (unpaired) electrons. The number of nitrogens with zero attached hydrogens (tertiary/aromatic N) is 2. The van der Waals surface area contributed by atoms with Crippen LogP contribution in [-0.4, -0.2) is 34.0 Å². The van der Waals surface area contributed by atoms with Crippen molar-refractivity contribution in [3.05, 3.63) is 54.4 Å². The van der Waals surface area contributed by atoms with E-state index in [1.807, 2.05) is 4.57 Å². The SMILES string of the molecule is OC[C@@H]1CO[C@@](Cn2ccnc2)(c2ccc(F)cc2)O1. The zero-order chi connectivity index (χ0) is 14.0. The van der Waals surface area contributed by atoms with E-state index in [1.54, 1.807) is 30.9 Å². The van der Waals surface area contributed by atoms with Crippen LogP contribution in [0, 0.1) is 5.82 Å². The largest absolute Gasteiger partial charge is 0.394 e. The number of ether oxygens (including phenoxy) is 2. The Bertz CT molecular complexity index is 558. The zero-order valence-electron chi connectivity index (χ0n) is 10.8. The van der Waals surface area contributed by atoms with Gasteiger partial charge in [-0.1, -0.05) is 12.1 Å². The van der Waals surface area contributed by atoms with Gasteiger partial charge in [0.25, 0.3) is 0 Å². The molecule has 2 aromatic rings. The molecule has 2 heterocycles. The summed E-state index contributed by atoms with van der Waals surface area (Å²) in [6.07, 6.45) is 4.73. The van der Waals surface area contributed by atoms with Crippen LogP contribution in [0.15, 0.2) is 43.0 Å². The second-order valence-electron chi connectivity index (χ2n) is 4.73. The summed E-state index contributed by atoms with van der Waals surface area (Å²) in [6, 6.07) is 5.99. The Morgan fingerprint density at radius 1 is 1.40 bits per heavy atom. The van der Waals surface area contributed by atoms with E-state index < -0.39 is 5.79 Å². The minimum Gasteiger partial charge on any atom is -0.394 e. The van der Waals surface area contributed by atoms with Gasteiger partial charge in [-0.15, -0.1) is 0 Å². The first kappa shape index (κ1) is 13.2. The molecule has 3 rings (SSSR count). The van der Waals surface area contributed by atoms with E-state index in [9.17, 15) is 9.50 Å². The third-order valence-corrected chi connectivity index (χ3v) is 3.30. The molecule has 1 fully saturated rings. The third-order valence-electron chi connectivity index (χ3n) is 3.30. The van der Waals surface area contributed by atoms with Gasteiger partial charge in [0.15, 0.2) is 0 Å². The molecule has 1 aromatic heterocycles. The van der Waals surface area contributed by atoms with Gasteiger partial charge in [0.2, 0.25) is 5.79 Å². The second-order valence-corrected chi connectivity index (χ2v) is 4.73. The van der Waals surface area contributed by atoms with E-state index in [0.29, 0.717) is 18.7 Å². The quantitative estimate of drug-likeness (QED) is 0.915. The topological polar surface area (TPSA) is 56.5 Å². The van der Waals surface area contributed by atoms with Gasteiger partial charge in [0.05, 0.1) is 26.1 Å². The number of hydrogen-bond donors (Lipinski definition) is 1. The molecule has 0 bridgehead atoms. The molecule has 1 N–H and O–H groups in total. The van der Waals surface area contributed by atoms with Crippen LogP contribution in [0.3, 0.4) is 0 Å². The van der Waals surface area contributed by atoms with E-state index in [0.717, 1.165) is 0 Å². The van der Waals surface area contributed by atoms with Crippen LogP contribution in [0.2, 0.25) is 0 Å². The normalized spacial score (nSPS) is 26.0. The number of benzene rings is 1. The lowest BCUT2D eigenvalue weighted by atomic mass is 10.1. The Kier molecular flexibility index (Phi) is 3.52. The first-order valence-electron chi connectivity index (χ1n) is 6.36. The van der Waals surface area contributed by atoms with Crippen molar-refractivity contribution < 1.29 is 19.0 Å². The van der Waals surface area contributed by atoms with E-state index in [1.165, 1.54) is 12.1 Å². The van der Waals surface area contributed by atoms with Crippen LogP contribution in [-0.2, 0) is 21.8 Å². The highest BCUT2D eigenvalue weighted by Gasteiger charge is 2.43. The van der Waals surface area contributed by atoms with Gasteiger partial charge in [-0.25, -0.2) is 9.37 Å². The van der Waals surface area contributed by atoms with Crippen LogP contribution in [0.25, 0.3) is 0 Å². The summed E-state index contributed by atoms with van der Waals surface area (Å²) in [6.45, 7) is 0.560. The maximum absolute atomic E-state index is 13.1. The Labute approximate surface area is 115 Å². The lowest BCUT2D eigenvalue weighted by molar-refractivity contribution is -0.190. The van der Waals surface area contributed by atoms with Crippen LogP contribution in [0.4, 0.5) is 4.39 Å². The lowest BCUT2D eigenvalue weighted by Crippen LogP contribution is -2.33. The van der Waals surface area contributed by atoms with Crippen LogP contribution >= 0.6 is 0 Å². The van der Waals surface area contributed by atoms with Crippen LogP contribution in [0.1, 0.15) is 5.56 Å². The van der Waals surface area contributed by atoms with Gasteiger partial charge in [0.1, 0.15) is 11.9 Å². The van der Waals surface area contributed by atoms with E-state index in [4.69, 9.17) is 9.47 Å². The first-order valence-corrected chi connectivity index (χ1v) is 6.36. The molecule has 1 aromatic carbocycles. The van der Waals surface area contributed by atoms with Crippen molar-refractivity contribution in [2.45, 2.75) is 18.4 Å². The molecular weight excluding hydrogens is 263 g/mol. The van der Waals surface area contributed by atoms with Crippen molar-refractivity contribution in [2.24, 2.45) is 0 Å². The van der Waals surface area contributed by atoms with Crippen molar-refractivity contribution in [2.75, 3.05) is 13.2 Å². The molecule has 20 heavy (non-hydrogen) atoms. The number of halogens is 1. The van der Waals surface area contributed by atoms with Crippen molar-refractivity contribution in [1.29, 1.82) is 0 Å². The van der Waals surface area contributed by atoms with Crippen molar-refractivity contribution in [3.8, 4) is 0 Å². The molecule has 0 spiro atoms. The lowest BCUT2D eigenvalue weighted by Gasteiger charge is -2.28. The smallest absolute Gasteiger partial charge is 0.214 e. The number of aliphatic hydroxyl groups is 1. The van der Waals surface area contributed by atoms with Gasteiger partial charge in [-0.3, -0.25) is 0 Å². The average Bonchev–Trinajstić information content (AvgIpc) is 3.10. The predicted molar refractivity (Wildman–Crippen MR) is 68.2 cm³/mol. The summed E-state index contributed by atoms with van der Waals surface area (Å²) in [7, 11) is 0. The minimum absolute atomic E-state index is 0.118. The first-order chi connectivity index (χ1) is 9.72. The summed E-state index contributed by atoms with van der Waals surface area (Å²) in [5.41, 5.74) is 0.712. The fourth-order valence-corrected chi connectivity index (χ4v) is 2.30. The number of rotatable bonds is 4. The number of aliphatic hydroxyl groups excluding tert-OH is 1. The second kappa shape index (κ2) is 5.32. The summed E-state index contributed by atoms with van der Waals surface area (Å²) in [5.74, 6) is -1.34. The molecule has 106 valence electrons. The molecule has 6 heteroatoms. The van der Waals surface area contributed by atoms with Gasteiger partial charge in [-0.2, -0.15) is 0 Å². The number of hydrogen-bond acceptors (Lipinski definition) is 4. The molecule has 2 atom stereocenters. The van der Waals surface area contributed by atoms with E-state index >= 15 is 0 Å². The zero-order valence-corrected chi connectivity index (χ0v) is 10.8. The summed E-state index contributed by atoms with van der Waals surface area (Å²) >= 11 is 0. The molecule has 1 aliphatic rings. The molecule has 0 unspecified atom stereocenters. The standard InChI is InChI=1S/C14H15FN2O3/c15-12-3-1-11(2-4-12)14(9-17-6-5-16-10-17)19-8-13(7-18)20-14/h1-6,10,13,18H,7-9H2/t13-,14-/m1/s1. The fraction of sp³-hybridized carbons (Fsp3) is 0.357. The van der Waals surface area contributed by atoms with Crippen molar-refractivity contribution in [1.82, 2.24) is 9.55 Å². The number of imidazole rings is 1. The minimum atomic E-state index is -1.03. The van der Waals surface area contributed by atoms with Gasteiger partial charge in [-0.05, 0) is 12.1 Å². The summed E-state index contributed by atoms with van der Waals surface area (Å²) < 4.78 is 26.5. The highest BCUT2D eigenvalue weighted by Crippen LogP contribution is 2.36. The molecular formula is C14H15FN2O3. The molecule has 5 nitrogen and oxygen atoms in total. The molecule has 0 amide bonds. The van der Waals surface area contributed by atoms with Gasteiger partial charge >= 0.3 is 0 Å². The maximum atomic E-state index is 13.1. The maximum Gasteiger partial charge on any atom is 0.214 e. The van der Waals surface area contributed by atoms with Crippen molar-refractivity contribution in [3.63, 3.8) is 0 Å². The highest BCUT2D eigenvalue weighted by molar-refractivity contribution is 5.22. The summed E-state index contributed by atoms with van der Waals surface area (Å²) in [5, 5.41) is 9.23. The fourth-order valence-electron chi connectivity index (χ4n) is 2.30.